The van der Waals surface area contributed by atoms with E-state index in [-0.39, 0.29) is 0 Å². The number of aromatic amines is 1. The van der Waals surface area contributed by atoms with Crippen molar-refractivity contribution < 1.29 is 19.3 Å². The fraction of sp³-hybridized carbons (Fsp3) is 0.556. The molecule has 0 saturated carbocycles. The maximum Gasteiger partial charge on any atom is 0.330 e. The van der Waals surface area contributed by atoms with E-state index in [2.05, 4.69) is 0 Å². The molecule has 1 aliphatic heterocycles. The largest absolute Gasteiger partial charge is 0.387 e. The second-order valence-electron chi connectivity index (χ2n) is 3.82. The Balaban J connectivity index is 2.35. The summed E-state index contributed by atoms with van der Waals surface area (Å²) in [6, 6.07) is 1.06. The van der Waals surface area contributed by atoms with Crippen LogP contribution in [-0.4, -0.2) is 42.3 Å². The zero-order valence-corrected chi connectivity index (χ0v) is 11.0. The standard InChI is InChI=1S/C9H10FIN2O5/c10-7(11)6-4(15)5(16)8(18-6)13-2-1-3(14)12-9(13)17/h1-2,4-8,15-16H,(H,12,14,17)/t4-,5+,6-,7?,8+/m0/s1. The number of nitrogens with zero attached hydrogens (tertiary/aromatic N) is 1. The van der Waals surface area contributed by atoms with Gasteiger partial charge in [-0.25, -0.2) is 9.18 Å². The molecule has 5 atom stereocenters. The van der Waals surface area contributed by atoms with Gasteiger partial charge in [-0.05, 0) is 22.6 Å². The smallest absolute Gasteiger partial charge is 0.330 e. The third kappa shape index (κ3) is 2.35. The number of halogens is 2. The maximum absolute atomic E-state index is 13.1. The normalized spacial score (nSPS) is 33.6. The van der Waals surface area contributed by atoms with Crippen LogP contribution in [0.3, 0.4) is 0 Å². The van der Waals surface area contributed by atoms with E-state index < -0.39 is 40.0 Å². The first-order valence-electron chi connectivity index (χ1n) is 5.03. The third-order valence-electron chi connectivity index (χ3n) is 2.65. The lowest BCUT2D eigenvalue weighted by Gasteiger charge is -2.16. The average Bonchev–Trinajstić information content (AvgIpc) is 2.57. The highest BCUT2D eigenvalue weighted by Gasteiger charge is 2.47. The zero-order chi connectivity index (χ0) is 13.4. The van der Waals surface area contributed by atoms with Crippen molar-refractivity contribution in [2.45, 2.75) is 28.7 Å². The first-order valence-corrected chi connectivity index (χ1v) is 6.27. The molecule has 1 aromatic heterocycles. The van der Waals surface area contributed by atoms with Gasteiger partial charge in [0.25, 0.3) is 5.56 Å². The molecule has 1 unspecified atom stereocenters. The number of nitrogens with one attached hydrogen (secondary N) is 1. The summed E-state index contributed by atoms with van der Waals surface area (Å²) in [4.78, 5) is 24.4. The van der Waals surface area contributed by atoms with Gasteiger partial charge >= 0.3 is 5.69 Å². The third-order valence-corrected chi connectivity index (χ3v) is 3.36. The van der Waals surface area contributed by atoms with E-state index in [1.165, 1.54) is 22.6 Å². The summed E-state index contributed by atoms with van der Waals surface area (Å²) in [5.74, 6) is 0. The molecule has 0 radical (unpaired) electrons. The van der Waals surface area contributed by atoms with Crippen molar-refractivity contribution in [2.75, 3.05) is 0 Å². The lowest BCUT2D eigenvalue weighted by Crippen LogP contribution is -2.37. The van der Waals surface area contributed by atoms with Gasteiger partial charge in [-0.2, -0.15) is 0 Å². The maximum atomic E-state index is 13.1. The van der Waals surface area contributed by atoms with Crippen LogP contribution in [0.4, 0.5) is 4.39 Å². The summed E-state index contributed by atoms with van der Waals surface area (Å²) >= 11 is 1.41. The van der Waals surface area contributed by atoms with Crippen molar-refractivity contribution in [1.82, 2.24) is 9.55 Å². The Bertz CT molecular complexity index is 544. The van der Waals surface area contributed by atoms with Gasteiger partial charge in [-0.15, -0.1) is 0 Å². The monoisotopic (exact) mass is 372 g/mol. The van der Waals surface area contributed by atoms with Gasteiger partial charge in [0.15, 0.2) is 10.4 Å². The first kappa shape index (κ1) is 13.6. The van der Waals surface area contributed by atoms with Crippen molar-refractivity contribution in [1.29, 1.82) is 0 Å². The molecule has 3 N–H and O–H groups in total. The van der Waals surface area contributed by atoms with Crippen LogP contribution < -0.4 is 11.2 Å². The Hall–Kier alpha value is -0.780. The molecule has 0 amide bonds. The van der Waals surface area contributed by atoms with Crippen molar-refractivity contribution in [3.63, 3.8) is 0 Å². The van der Waals surface area contributed by atoms with Gasteiger partial charge in [-0.1, -0.05) is 0 Å². The SMILES string of the molecule is O=c1ccn([C@@H]2O[C@H](C(F)I)[C@@H](O)[C@H]2O)c(=O)[nH]1. The van der Waals surface area contributed by atoms with Gasteiger partial charge in [0.2, 0.25) is 0 Å². The highest BCUT2D eigenvalue weighted by molar-refractivity contribution is 14.1. The summed E-state index contributed by atoms with van der Waals surface area (Å²) in [5, 5.41) is 19.3. The van der Waals surface area contributed by atoms with Crippen LogP contribution >= 0.6 is 22.6 Å². The van der Waals surface area contributed by atoms with E-state index in [0.717, 1.165) is 16.8 Å². The van der Waals surface area contributed by atoms with Crippen LogP contribution in [0.25, 0.3) is 0 Å². The quantitative estimate of drug-likeness (QED) is 0.451. The second kappa shape index (κ2) is 5.07. The number of aliphatic hydroxyl groups excluding tert-OH is 2. The summed E-state index contributed by atoms with van der Waals surface area (Å²) in [6.45, 7) is 0. The summed E-state index contributed by atoms with van der Waals surface area (Å²) in [5.41, 5.74) is -1.40. The Morgan fingerprint density at radius 1 is 1.44 bits per heavy atom. The molecule has 1 aliphatic rings. The van der Waals surface area contributed by atoms with E-state index in [4.69, 9.17) is 4.74 Å². The van der Waals surface area contributed by atoms with Crippen LogP contribution in [-0.2, 0) is 4.74 Å². The Morgan fingerprint density at radius 2 is 2.11 bits per heavy atom. The lowest BCUT2D eigenvalue weighted by molar-refractivity contribution is -0.0481. The number of hydrogen-bond acceptors (Lipinski definition) is 5. The molecule has 2 heterocycles. The van der Waals surface area contributed by atoms with Gasteiger partial charge in [0.05, 0.1) is 0 Å². The van der Waals surface area contributed by atoms with Crippen LogP contribution in [0.5, 0.6) is 0 Å². The Kier molecular flexibility index (Phi) is 3.84. The molecule has 100 valence electrons. The summed E-state index contributed by atoms with van der Waals surface area (Å²) in [6.07, 6.45) is -4.25. The van der Waals surface area contributed by atoms with Crippen molar-refractivity contribution in [2.24, 2.45) is 0 Å². The molecule has 1 fully saturated rings. The molecule has 1 aromatic rings. The molecule has 0 spiro atoms. The number of H-pyrrole nitrogens is 1. The van der Waals surface area contributed by atoms with E-state index in [1.807, 2.05) is 4.98 Å². The molecular formula is C9H10FIN2O5. The Labute approximate surface area is 113 Å². The predicted molar refractivity (Wildman–Crippen MR) is 66.2 cm³/mol. The second-order valence-corrected chi connectivity index (χ2v) is 5.01. The first-order chi connectivity index (χ1) is 8.41. The molecule has 7 nitrogen and oxygen atoms in total. The van der Waals surface area contributed by atoms with Gasteiger partial charge < -0.3 is 14.9 Å². The highest BCUT2D eigenvalue weighted by atomic mass is 127. The zero-order valence-electron chi connectivity index (χ0n) is 8.86. The molecule has 9 heteroatoms. The minimum Gasteiger partial charge on any atom is -0.387 e. The lowest BCUT2D eigenvalue weighted by atomic mass is 10.1. The predicted octanol–water partition coefficient (Wildman–Crippen LogP) is -1.11. The van der Waals surface area contributed by atoms with Crippen LogP contribution in [0.1, 0.15) is 6.23 Å². The van der Waals surface area contributed by atoms with Crippen molar-refractivity contribution in [3.05, 3.63) is 33.1 Å². The van der Waals surface area contributed by atoms with Crippen LogP contribution in [0.2, 0.25) is 0 Å². The molecule has 2 rings (SSSR count). The number of alkyl halides is 2. The van der Waals surface area contributed by atoms with E-state index in [0.29, 0.717) is 0 Å². The fourth-order valence-electron chi connectivity index (χ4n) is 1.75. The minimum absolute atomic E-state index is 0.599. The molecule has 18 heavy (non-hydrogen) atoms. The van der Waals surface area contributed by atoms with Crippen molar-refractivity contribution >= 4 is 22.6 Å². The molecule has 0 bridgehead atoms. The minimum atomic E-state index is -1.53. The van der Waals surface area contributed by atoms with E-state index in [1.54, 1.807) is 0 Å². The number of rotatable bonds is 2. The van der Waals surface area contributed by atoms with Gasteiger partial charge in [0, 0.05) is 12.3 Å². The molecule has 1 saturated heterocycles. The number of aliphatic hydroxyl groups is 2. The number of ether oxygens (including phenoxy) is 1. The van der Waals surface area contributed by atoms with Crippen LogP contribution in [0, 0.1) is 0 Å². The fourth-order valence-corrected chi connectivity index (χ4v) is 2.35. The Morgan fingerprint density at radius 3 is 2.61 bits per heavy atom. The van der Waals surface area contributed by atoms with Crippen LogP contribution in [0.15, 0.2) is 21.9 Å². The van der Waals surface area contributed by atoms with Gasteiger partial charge in [0.1, 0.15) is 18.3 Å². The summed E-state index contributed by atoms with van der Waals surface area (Å²) in [7, 11) is 0. The van der Waals surface area contributed by atoms with E-state index >= 15 is 0 Å². The molecule has 0 aliphatic carbocycles. The average molecular weight is 372 g/mol. The summed E-state index contributed by atoms with van der Waals surface area (Å²) < 4.78 is 17.6. The number of hydrogen-bond donors (Lipinski definition) is 3. The van der Waals surface area contributed by atoms with Gasteiger partial charge in [-0.3, -0.25) is 14.3 Å². The number of aromatic nitrogens is 2. The van der Waals surface area contributed by atoms with Crippen molar-refractivity contribution in [3.8, 4) is 0 Å². The molecular weight excluding hydrogens is 362 g/mol. The highest BCUT2D eigenvalue weighted by Crippen LogP contribution is 2.32. The molecule has 0 aromatic carbocycles. The topological polar surface area (TPSA) is 105 Å². The van der Waals surface area contributed by atoms with E-state index in [9.17, 15) is 24.2 Å².